The highest BCUT2D eigenvalue weighted by molar-refractivity contribution is 5.74. The minimum atomic E-state index is -0.689. The molecule has 0 heterocycles. The summed E-state index contributed by atoms with van der Waals surface area (Å²) in [5, 5.41) is 8.93. The van der Waals surface area contributed by atoms with Gasteiger partial charge >= 0.3 is 5.97 Å². The Kier molecular flexibility index (Phi) is 3.47. The molecule has 0 saturated carbocycles. The number of aliphatic carboxylic acids is 1. The first-order valence-corrected chi connectivity index (χ1v) is 5.77. The highest BCUT2D eigenvalue weighted by Gasteiger charge is 2.21. The third-order valence-corrected chi connectivity index (χ3v) is 3.20. The summed E-state index contributed by atoms with van der Waals surface area (Å²) in [6.45, 7) is 0. The van der Waals surface area contributed by atoms with Gasteiger partial charge in [0.1, 0.15) is 5.75 Å². The first kappa shape index (κ1) is 11.7. The Morgan fingerprint density at radius 2 is 2.29 bits per heavy atom. The highest BCUT2D eigenvalue weighted by atomic mass is 16.5. The molecule has 0 bridgehead atoms. The molecule has 0 saturated heterocycles. The minimum Gasteiger partial charge on any atom is -0.497 e. The molecule has 90 valence electrons. The molecule has 2 rings (SSSR count). The number of carbonyl (C=O) groups is 1. The Labute approximate surface area is 101 Å². The largest absolute Gasteiger partial charge is 0.497 e. The fourth-order valence-corrected chi connectivity index (χ4v) is 2.14. The average Bonchev–Trinajstić information content (AvgIpc) is 2.39. The van der Waals surface area contributed by atoms with Crippen LogP contribution in [0, 0.1) is 5.92 Å². The second kappa shape index (κ2) is 5.04. The molecule has 1 aliphatic carbocycles. The van der Waals surface area contributed by atoms with E-state index in [4.69, 9.17) is 9.84 Å². The van der Waals surface area contributed by atoms with Gasteiger partial charge in [-0.15, -0.1) is 0 Å². The summed E-state index contributed by atoms with van der Waals surface area (Å²) >= 11 is 0. The van der Waals surface area contributed by atoms with Crippen LogP contribution in [0.15, 0.2) is 30.3 Å². The predicted octanol–water partition coefficient (Wildman–Crippen LogP) is 2.96. The van der Waals surface area contributed by atoms with Crippen molar-refractivity contribution in [1.29, 1.82) is 0 Å². The van der Waals surface area contributed by atoms with Crippen LogP contribution in [0.4, 0.5) is 0 Å². The SMILES string of the molecule is COc1cccc(C2=CCC(C(=O)O)CC2)c1. The van der Waals surface area contributed by atoms with Crippen LogP contribution in [0.25, 0.3) is 5.57 Å². The first-order chi connectivity index (χ1) is 8.20. The molecule has 1 N–H and O–H groups in total. The molecule has 0 aromatic heterocycles. The van der Waals surface area contributed by atoms with E-state index in [1.54, 1.807) is 7.11 Å². The zero-order valence-corrected chi connectivity index (χ0v) is 9.85. The van der Waals surface area contributed by atoms with Crippen LogP contribution in [-0.2, 0) is 4.79 Å². The maximum absolute atomic E-state index is 10.8. The van der Waals surface area contributed by atoms with Crippen LogP contribution >= 0.6 is 0 Å². The van der Waals surface area contributed by atoms with Crippen molar-refractivity contribution in [2.75, 3.05) is 7.11 Å². The summed E-state index contributed by atoms with van der Waals surface area (Å²) in [5.41, 5.74) is 2.36. The smallest absolute Gasteiger partial charge is 0.306 e. The monoisotopic (exact) mass is 232 g/mol. The van der Waals surface area contributed by atoms with Crippen molar-refractivity contribution in [2.24, 2.45) is 5.92 Å². The maximum atomic E-state index is 10.8. The molecule has 3 nitrogen and oxygen atoms in total. The number of ether oxygens (including phenoxy) is 1. The summed E-state index contributed by atoms with van der Waals surface area (Å²) < 4.78 is 5.18. The van der Waals surface area contributed by atoms with Crippen molar-refractivity contribution in [3.8, 4) is 5.75 Å². The van der Waals surface area contributed by atoms with E-state index in [2.05, 4.69) is 0 Å². The molecule has 1 atom stereocenters. The summed E-state index contributed by atoms with van der Waals surface area (Å²) in [6.07, 6.45) is 4.21. The van der Waals surface area contributed by atoms with E-state index in [0.717, 1.165) is 24.2 Å². The summed E-state index contributed by atoms with van der Waals surface area (Å²) in [6, 6.07) is 7.90. The Morgan fingerprint density at radius 1 is 1.47 bits per heavy atom. The second-order valence-electron chi connectivity index (χ2n) is 4.27. The standard InChI is InChI=1S/C14H16O3/c1-17-13-4-2-3-12(9-13)10-5-7-11(8-6-10)14(15)16/h2-5,9,11H,6-8H2,1H3,(H,15,16). The molecule has 0 spiro atoms. The van der Waals surface area contributed by atoms with Crippen molar-refractivity contribution in [2.45, 2.75) is 19.3 Å². The van der Waals surface area contributed by atoms with Crippen LogP contribution in [0.5, 0.6) is 5.75 Å². The summed E-state index contributed by atoms with van der Waals surface area (Å²) in [7, 11) is 1.65. The molecule has 3 heteroatoms. The van der Waals surface area contributed by atoms with Gasteiger partial charge in [0.25, 0.3) is 0 Å². The van der Waals surface area contributed by atoms with E-state index >= 15 is 0 Å². The molecule has 0 amide bonds. The Bertz CT molecular complexity index is 449. The normalized spacial score (nSPS) is 19.6. The molecule has 1 aromatic rings. The Hall–Kier alpha value is -1.77. The molecule has 0 radical (unpaired) electrons. The molecule has 1 aromatic carbocycles. The van der Waals surface area contributed by atoms with E-state index in [0.29, 0.717) is 6.42 Å². The van der Waals surface area contributed by atoms with Gasteiger partial charge in [-0.25, -0.2) is 0 Å². The lowest BCUT2D eigenvalue weighted by Gasteiger charge is -2.19. The molecule has 17 heavy (non-hydrogen) atoms. The van der Waals surface area contributed by atoms with E-state index in [1.165, 1.54) is 5.57 Å². The fourth-order valence-electron chi connectivity index (χ4n) is 2.14. The Balaban J connectivity index is 2.16. The van der Waals surface area contributed by atoms with E-state index in [1.807, 2.05) is 30.3 Å². The number of carboxylic acids is 1. The van der Waals surface area contributed by atoms with Crippen molar-refractivity contribution >= 4 is 11.5 Å². The molecular weight excluding hydrogens is 216 g/mol. The van der Waals surface area contributed by atoms with Crippen LogP contribution in [0.3, 0.4) is 0 Å². The lowest BCUT2D eigenvalue weighted by molar-refractivity contribution is -0.141. The number of allylic oxidation sites excluding steroid dienone is 2. The average molecular weight is 232 g/mol. The molecular formula is C14H16O3. The van der Waals surface area contributed by atoms with Gasteiger partial charge in [-0.2, -0.15) is 0 Å². The van der Waals surface area contributed by atoms with Crippen molar-refractivity contribution in [3.63, 3.8) is 0 Å². The minimum absolute atomic E-state index is 0.218. The molecule has 1 unspecified atom stereocenters. The third-order valence-electron chi connectivity index (χ3n) is 3.20. The fraction of sp³-hybridized carbons (Fsp3) is 0.357. The lowest BCUT2D eigenvalue weighted by atomic mass is 9.87. The van der Waals surface area contributed by atoms with Gasteiger partial charge in [0.2, 0.25) is 0 Å². The van der Waals surface area contributed by atoms with Crippen LogP contribution < -0.4 is 4.74 Å². The maximum Gasteiger partial charge on any atom is 0.306 e. The zero-order chi connectivity index (χ0) is 12.3. The number of carboxylic acid groups (broad SMARTS) is 1. The Morgan fingerprint density at radius 3 is 2.88 bits per heavy atom. The van der Waals surface area contributed by atoms with Gasteiger partial charge in [0.05, 0.1) is 13.0 Å². The van der Waals surface area contributed by atoms with E-state index in [9.17, 15) is 4.79 Å². The predicted molar refractivity (Wildman–Crippen MR) is 65.9 cm³/mol. The van der Waals surface area contributed by atoms with Crippen LogP contribution in [-0.4, -0.2) is 18.2 Å². The van der Waals surface area contributed by atoms with Gasteiger partial charge in [-0.3, -0.25) is 4.79 Å². The van der Waals surface area contributed by atoms with Gasteiger partial charge in [0, 0.05) is 0 Å². The highest BCUT2D eigenvalue weighted by Crippen LogP contribution is 2.31. The van der Waals surface area contributed by atoms with Gasteiger partial charge in [-0.05, 0) is 42.5 Å². The molecule has 1 aliphatic rings. The van der Waals surface area contributed by atoms with Crippen molar-refractivity contribution in [1.82, 2.24) is 0 Å². The first-order valence-electron chi connectivity index (χ1n) is 5.77. The zero-order valence-electron chi connectivity index (χ0n) is 9.85. The number of hydrogen-bond donors (Lipinski definition) is 1. The second-order valence-corrected chi connectivity index (χ2v) is 4.27. The number of benzene rings is 1. The lowest BCUT2D eigenvalue weighted by Crippen LogP contribution is -2.15. The molecule has 0 fully saturated rings. The summed E-state index contributed by atoms with van der Waals surface area (Å²) in [5.74, 6) is -0.0703. The quantitative estimate of drug-likeness (QED) is 0.871. The third kappa shape index (κ3) is 2.67. The van der Waals surface area contributed by atoms with E-state index in [-0.39, 0.29) is 5.92 Å². The number of methoxy groups -OCH3 is 1. The van der Waals surface area contributed by atoms with E-state index < -0.39 is 5.97 Å². The van der Waals surface area contributed by atoms with Crippen molar-refractivity contribution < 1.29 is 14.6 Å². The number of rotatable bonds is 3. The molecule has 0 aliphatic heterocycles. The van der Waals surface area contributed by atoms with Crippen molar-refractivity contribution in [3.05, 3.63) is 35.9 Å². The van der Waals surface area contributed by atoms with Gasteiger partial charge in [-0.1, -0.05) is 18.2 Å². The van der Waals surface area contributed by atoms with Gasteiger partial charge in [0.15, 0.2) is 0 Å². The summed E-state index contributed by atoms with van der Waals surface area (Å²) in [4.78, 5) is 10.8. The van der Waals surface area contributed by atoms with Crippen LogP contribution in [0.1, 0.15) is 24.8 Å². The van der Waals surface area contributed by atoms with Gasteiger partial charge < -0.3 is 9.84 Å². The topological polar surface area (TPSA) is 46.5 Å². The van der Waals surface area contributed by atoms with Crippen LogP contribution in [0.2, 0.25) is 0 Å². The number of hydrogen-bond acceptors (Lipinski definition) is 2.